The molecule has 7 nitrogen and oxygen atoms in total. The first kappa shape index (κ1) is 16.0. The van der Waals surface area contributed by atoms with E-state index < -0.39 is 26.7 Å². The Labute approximate surface area is 118 Å². The van der Waals surface area contributed by atoms with E-state index in [1.165, 1.54) is 6.92 Å². The largest absolute Gasteiger partial charge is 0.300 e. The van der Waals surface area contributed by atoms with Crippen LogP contribution in [0.5, 0.6) is 0 Å². The number of nitro groups is 1. The molecule has 0 aliphatic rings. The van der Waals surface area contributed by atoms with E-state index in [2.05, 4.69) is 4.72 Å². The molecule has 106 valence electrons. The highest BCUT2D eigenvalue weighted by atomic mass is 35.5. The first-order chi connectivity index (χ1) is 8.69. The Bertz CT molecular complexity index is 610. The number of ketones is 1. The molecule has 10 heteroatoms. The molecular formula is C9H11ClN2O5S2. The predicted octanol–water partition coefficient (Wildman–Crippen LogP) is 1.96. The summed E-state index contributed by atoms with van der Waals surface area (Å²) < 4.78 is 25.5. The number of halogens is 1. The third kappa shape index (κ3) is 3.72. The van der Waals surface area contributed by atoms with Gasteiger partial charge in [0.2, 0.25) is 0 Å². The number of rotatable bonds is 6. The number of hydrogen-bond donors (Lipinski definition) is 1. The van der Waals surface area contributed by atoms with Gasteiger partial charge in [-0.25, -0.2) is 13.1 Å². The summed E-state index contributed by atoms with van der Waals surface area (Å²) >= 11 is 6.16. The topological polar surface area (TPSA) is 106 Å². The third-order valence-corrected chi connectivity index (χ3v) is 5.62. The fourth-order valence-corrected chi connectivity index (χ4v) is 4.17. The fraction of sp³-hybridized carbons (Fsp3) is 0.444. The lowest BCUT2D eigenvalue weighted by Crippen LogP contribution is -2.37. The smallest absolute Gasteiger partial charge is 0.298 e. The number of thiophene rings is 1. The van der Waals surface area contributed by atoms with E-state index >= 15 is 0 Å². The lowest BCUT2D eigenvalue weighted by Gasteiger charge is -2.10. The first-order valence-corrected chi connectivity index (χ1v) is 7.85. The van der Waals surface area contributed by atoms with Crippen LogP contribution in [0.3, 0.4) is 0 Å². The van der Waals surface area contributed by atoms with Gasteiger partial charge in [-0.05, 0) is 6.92 Å². The van der Waals surface area contributed by atoms with Gasteiger partial charge in [-0.3, -0.25) is 14.9 Å². The maximum atomic E-state index is 11.9. The summed E-state index contributed by atoms with van der Waals surface area (Å²) in [7, 11) is -3.99. The van der Waals surface area contributed by atoms with Crippen molar-refractivity contribution in [3.8, 4) is 0 Å². The normalized spacial score (nSPS) is 13.2. The van der Waals surface area contributed by atoms with Crippen LogP contribution in [-0.4, -0.2) is 25.2 Å². The molecule has 0 saturated carbocycles. The average Bonchev–Trinajstić information content (AvgIpc) is 2.70. The van der Waals surface area contributed by atoms with Gasteiger partial charge in [0.25, 0.3) is 15.7 Å². The molecule has 0 radical (unpaired) electrons. The summed E-state index contributed by atoms with van der Waals surface area (Å²) in [4.78, 5) is 21.2. The number of carbonyl (C=O) groups excluding carboxylic acids is 1. The predicted molar refractivity (Wildman–Crippen MR) is 71.1 cm³/mol. The molecule has 1 N–H and O–H groups in total. The van der Waals surface area contributed by atoms with Crippen LogP contribution in [0.4, 0.5) is 5.69 Å². The Kier molecular flexibility index (Phi) is 5.02. The molecule has 0 amide bonds. The number of carbonyl (C=O) groups is 1. The first-order valence-electron chi connectivity index (χ1n) is 5.17. The van der Waals surface area contributed by atoms with Gasteiger partial charge in [0.05, 0.1) is 11.0 Å². The number of sulfonamides is 1. The van der Waals surface area contributed by atoms with E-state index in [4.69, 9.17) is 11.6 Å². The van der Waals surface area contributed by atoms with Gasteiger partial charge < -0.3 is 0 Å². The minimum absolute atomic E-state index is 0.190. The van der Waals surface area contributed by atoms with Crippen molar-refractivity contribution in [3.63, 3.8) is 0 Å². The average molecular weight is 327 g/mol. The highest BCUT2D eigenvalue weighted by Crippen LogP contribution is 2.36. The van der Waals surface area contributed by atoms with Crippen LogP contribution in [0.1, 0.15) is 20.3 Å². The van der Waals surface area contributed by atoms with Gasteiger partial charge in [-0.15, -0.1) is 11.3 Å². The van der Waals surface area contributed by atoms with Crippen molar-refractivity contribution in [1.82, 2.24) is 4.72 Å². The zero-order valence-corrected chi connectivity index (χ0v) is 12.4. The molecule has 1 rings (SSSR count). The molecule has 0 fully saturated rings. The second-order valence-corrected chi connectivity index (χ2v) is 7.24. The second kappa shape index (κ2) is 5.95. The molecule has 1 aromatic heterocycles. The van der Waals surface area contributed by atoms with Gasteiger partial charge in [-0.1, -0.05) is 18.5 Å². The van der Waals surface area contributed by atoms with Crippen LogP contribution in [0.2, 0.25) is 4.34 Å². The number of hydrogen-bond acceptors (Lipinski definition) is 6. The summed E-state index contributed by atoms with van der Waals surface area (Å²) in [5.41, 5.74) is -0.471. The van der Waals surface area contributed by atoms with Gasteiger partial charge in [0.1, 0.15) is 9.99 Å². The quantitative estimate of drug-likeness (QED) is 0.635. The standard InChI is InChI=1S/C9H11ClN2O5S2/c1-3-7(13)5(2)11-19(16,17)8-4-6(12(14)15)9(10)18-8/h4-5,11H,3H2,1-2H3. The molecule has 0 spiro atoms. The highest BCUT2D eigenvalue weighted by Gasteiger charge is 2.27. The fourth-order valence-electron chi connectivity index (χ4n) is 1.26. The van der Waals surface area contributed by atoms with Crippen molar-refractivity contribution in [2.75, 3.05) is 0 Å². The maximum Gasteiger partial charge on any atom is 0.300 e. The van der Waals surface area contributed by atoms with E-state index in [-0.39, 0.29) is 20.7 Å². The van der Waals surface area contributed by atoms with Crippen LogP contribution in [-0.2, 0) is 14.8 Å². The summed E-state index contributed by atoms with van der Waals surface area (Å²) in [5.74, 6) is -0.277. The number of nitrogens with zero attached hydrogens (tertiary/aromatic N) is 1. The van der Waals surface area contributed by atoms with Crippen LogP contribution in [0, 0.1) is 10.1 Å². The third-order valence-electron chi connectivity index (χ3n) is 2.27. The van der Waals surface area contributed by atoms with Gasteiger partial charge in [0, 0.05) is 12.5 Å². The highest BCUT2D eigenvalue weighted by molar-refractivity contribution is 7.91. The molecule has 0 saturated heterocycles. The summed E-state index contributed by atoms with van der Waals surface area (Å²) in [6, 6.07) is -0.0201. The summed E-state index contributed by atoms with van der Waals surface area (Å²) in [6.45, 7) is 3.02. The Morgan fingerprint density at radius 3 is 2.63 bits per heavy atom. The lowest BCUT2D eigenvalue weighted by atomic mass is 10.2. The van der Waals surface area contributed by atoms with Crippen molar-refractivity contribution in [2.24, 2.45) is 0 Å². The molecular weight excluding hydrogens is 316 g/mol. The van der Waals surface area contributed by atoms with Crippen molar-refractivity contribution >= 4 is 44.4 Å². The van der Waals surface area contributed by atoms with E-state index in [0.29, 0.717) is 11.3 Å². The van der Waals surface area contributed by atoms with E-state index in [1.54, 1.807) is 6.92 Å². The molecule has 19 heavy (non-hydrogen) atoms. The number of nitrogens with one attached hydrogen (secondary N) is 1. The Morgan fingerprint density at radius 1 is 1.63 bits per heavy atom. The Morgan fingerprint density at radius 2 is 2.21 bits per heavy atom. The molecule has 0 aliphatic carbocycles. The summed E-state index contributed by atoms with van der Waals surface area (Å²) in [6.07, 6.45) is 0.190. The zero-order chi connectivity index (χ0) is 14.8. The van der Waals surface area contributed by atoms with E-state index in [1.807, 2.05) is 0 Å². The van der Waals surface area contributed by atoms with Crippen LogP contribution < -0.4 is 4.72 Å². The second-order valence-electron chi connectivity index (χ2n) is 3.64. The lowest BCUT2D eigenvalue weighted by molar-refractivity contribution is -0.384. The van der Waals surface area contributed by atoms with Crippen LogP contribution in [0.15, 0.2) is 10.3 Å². The van der Waals surface area contributed by atoms with E-state index in [9.17, 15) is 23.3 Å². The molecule has 1 atom stereocenters. The molecule has 1 aromatic rings. The maximum absolute atomic E-state index is 11.9. The van der Waals surface area contributed by atoms with Crippen molar-refractivity contribution in [2.45, 2.75) is 30.5 Å². The monoisotopic (exact) mass is 326 g/mol. The van der Waals surface area contributed by atoms with Gasteiger partial charge in [-0.2, -0.15) is 0 Å². The molecule has 0 aromatic carbocycles. The Balaban J connectivity index is 3.04. The van der Waals surface area contributed by atoms with E-state index in [0.717, 1.165) is 6.07 Å². The summed E-state index contributed by atoms with van der Waals surface area (Å²) in [5, 5.41) is 10.6. The molecule has 1 unspecified atom stereocenters. The molecule has 0 bridgehead atoms. The molecule has 1 heterocycles. The van der Waals surface area contributed by atoms with Gasteiger partial charge in [0.15, 0.2) is 4.34 Å². The molecule has 0 aliphatic heterocycles. The van der Waals surface area contributed by atoms with Gasteiger partial charge >= 0.3 is 0 Å². The van der Waals surface area contributed by atoms with Crippen molar-refractivity contribution < 1.29 is 18.1 Å². The SMILES string of the molecule is CCC(=O)C(C)NS(=O)(=O)c1cc([N+](=O)[O-])c(Cl)s1. The number of Topliss-reactive ketones (excluding diaryl/α,β-unsaturated/α-hetero) is 1. The van der Waals surface area contributed by atoms with Crippen LogP contribution in [0.25, 0.3) is 0 Å². The Hall–Kier alpha value is -1.03. The van der Waals surface area contributed by atoms with Crippen LogP contribution >= 0.6 is 22.9 Å². The van der Waals surface area contributed by atoms with Crippen molar-refractivity contribution in [1.29, 1.82) is 0 Å². The van der Waals surface area contributed by atoms with Crippen molar-refractivity contribution in [3.05, 3.63) is 20.5 Å². The minimum atomic E-state index is -3.99. The minimum Gasteiger partial charge on any atom is -0.298 e. The zero-order valence-electron chi connectivity index (χ0n) is 10.0.